The Hall–Kier alpha value is -3.68. The molecule has 0 saturated heterocycles. The summed E-state index contributed by atoms with van der Waals surface area (Å²) in [4.78, 5) is 7.49. The molecule has 3 heterocycles. The van der Waals surface area contributed by atoms with Crippen LogP contribution in [-0.2, 0) is 39.0 Å². The summed E-state index contributed by atoms with van der Waals surface area (Å²) in [6.07, 6.45) is -8.01. The molecule has 14 heteroatoms. The van der Waals surface area contributed by atoms with Crippen LogP contribution in [0.3, 0.4) is 0 Å². The Morgan fingerprint density at radius 3 is 2.18 bits per heavy atom. The Morgan fingerprint density at radius 1 is 1.00 bits per heavy atom. The summed E-state index contributed by atoms with van der Waals surface area (Å²) in [5.74, 6) is 0.0488. The fourth-order valence-corrected chi connectivity index (χ4v) is 4.20. The first-order chi connectivity index (χ1) is 17.8. The zero-order valence-electron chi connectivity index (χ0n) is 21.1. The summed E-state index contributed by atoms with van der Waals surface area (Å²) in [5.41, 5.74) is -0.809. The van der Waals surface area contributed by atoms with Crippen LogP contribution in [0.2, 0.25) is 0 Å². The smallest absolute Gasteiger partial charge is 0.333 e. The average Bonchev–Trinajstić information content (AvgIpc) is 3.46. The number of tetrazole rings is 1. The lowest BCUT2D eigenvalue weighted by atomic mass is 10.0. The summed E-state index contributed by atoms with van der Waals surface area (Å²) in [7, 11) is 3.28. The molecular formula is C24H26F6N8. The molecule has 38 heavy (non-hydrogen) atoms. The number of nitrogens with one attached hydrogen (secondary N) is 1. The van der Waals surface area contributed by atoms with Crippen molar-refractivity contribution in [3.63, 3.8) is 0 Å². The van der Waals surface area contributed by atoms with Crippen LogP contribution in [0.5, 0.6) is 0 Å². The highest BCUT2D eigenvalue weighted by Crippen LogP contribution is 2.37. The molecule has 0 aliphatic heterocycles. The minimum absolute atomic E-state index is 0.0488. The number of alkyl halides is 6. The maximum Gasteiger partial charge on any atom is 0.416 e. The van der Waals surface area contributed by atoms with E-state index in [9.17, 15) is 26.3 Å². The molecular weight excluding hydrogens is 514 g/mol. The second-order valence-corrected chi connectivity index (χ2v) is 8.91. The van der Waals surface area contributed by atoms with Gasteiger partial charge in [-0.2, -0.15) is 31.1 Å². The first-order valence-electron chi connectivity index (χ1n) is 11.7. The average molecular weight is 541 g/mol. The van der Waals surface area contributed by atoms with Gasteiger partial charge < -0.3 is 14.8 Å². The van der Waals surface area contributed by atoms with Crippen LogP contribution in [0.4, 0.5) is 32.3 Å². The fourth-order valence-electron chi connectivity index (χ4n) is 4.20. The minimum Gasteiger partial charge on any atom is -0.333 e. The van der Waals surface area contributed by atoms with Crippen LogP contribution in [0.15, 0.2) is 36.5 Å². The van der Waals surface area contributed by atoms with Crippen LogP contribution in [-0.4, -0.2) is 36.8 Å². The molecule has 3 aromatic heterocycles. The van der Waals surface area contributed by atoms with Gasteiger partial charge in [-0.1, -0.05) is 5.10 Å². The molecule has 0 radical (unpaired) electrons. The van der Waals surface area contributed by atoms with Crippen molar-refractivity contribution in [3.05, 3.63) is 64.5 Å². The number of pyridine rings is 1. The van der Waals surface area contributed by atoms with Crippen molar-refractivity contribution in [1.82, 2.24) is 35.1 Å². The zero-order valence-corrected chi connectivity index (χ0v) is 21.1. The SMILES string of the molecule is CCn1ccc2cc(CN(Cc3cc(C(F)(F)F)cc(C(F)(F)F)c3)c3nnn(C)n3)c(C(C)NC)nc21. The van der Waals surface area contributed by atoms with E-state index in [1.807, 2.05) is 36.7 Å². The summed E-state index contributed by atoms with van der Waals surface area (Å²) < 4.78 is 82.8. The van der Waals surface area contributed by atoms with E-state index >= 15 is 0 Å². The van der Waals surface area contributed by atoms with Gasteiger partial charge in [0.25, 0.3) is 5.95 Å². The molecule has 0 amide bonds. The highest BCUT2D eigenvalue weighted by molar-refractivity contribution is 5.77. The van der Waals surface area contributed by atoms with Gasteiger partial charge in [-0.15, -0.1) is 5.10 Å². The molecule has 4 aromatic rings. The van der Waals surface area contributed by atoms with Crippen LogP contribution in [0.1, 0.15) is 47.8 Å². The third kappa shape index (κ3) is 5.74. The highest BCUT2D eigenvalue weighted by Gasteiger charge is 2.37. The van der Waals surface area contributed by atoms with Gasteiger partial charge in [-0.05, 0) is 67.6 Å². The van der Waals surface area contributed by atoms with Crippen molar-refractivity contribution >= 4 is 17.0 Å². The Labute approximate surface area is 214 Å². The Balaban J connectivity index is 1.81. The Kier molecular flexibility index (Phi) is 7.37. The summed E-state index contributed by atoms with van der Waals surface area (Å²) >= 11 is 0. The van der Waals surface area contributed by atoms with E-state index in [4.69, 9.17) is 4.98 Å². The number of hydrogen-bond donors (Lipinski definition) is 1. The van der Waals surface area contributed by atoms with E-state index in [1.54, 1.807) is 7.05 Å². The summed E-state index contributed by atoms with van der Waals surface area (Å²) in [6.45, 7) is 4.33. The van der Waals surface area contributed by atoms with Gasteiger partial charge in [0.2, 0.25) is 0 Å². The van der Waals surface area contributed by atoms with Crippen molar-refractivity contribution in [1.29, 1.82) is 0 Å². The van der Waals surface area contributed by atoms with E-state index < -0.39 is 23.5 Å². The zero-order chi connectivity index (χ0) is 27.8. The number of hydrogen-bond acceptors (Lipinski definition) is 6. The molecule has 0 bridgehead atoms. The quantitative estimate of drug-likeness (QED) is 0.313. The van der Waals surface area contributed by atoms with Crippen LogP contribution < -0.4 is 10.2 Å². The molecule has 204 valence electrons. The largest absolute Gasteiger partial charge is 0.416 e. The number of aryl methyl sites for hydroxylation is 2. The van der Waals surface area contributed by atoms with Crippen LogP contribution >= 0.6 is 0 Å². The third-order valence-electron chi connectivity index (χ3n) is 6.20. The van der Waals surface area contributed by atoms with Gasteiger partial charge in [-0.3, -0.25) is 0 Å². The number of aromatic nitrogens is 6. The van der Waals surface area contributed by atoms with Gasteiger partial charge in [0, 0.05) is 37.3 Å². The molecule has 4 rings (SSSR count). The predicted molar refractivity (Wildman–Crippen MR) is 128 cm³/mol. The lowest BCUT2D eigenvalue weighted by Crippen LogP contribution is -2.26. The molecule has 1 N–H and O–H groups in total. The van der Waals surface area contributed by atoms with Crippen molar-refractivity contribution in [2.24, 2.45) is 7.05 Å². The van der Waals surface area contributed by atoms with E-state index in [-0.39, 0.29) is 36.7 Å². The third-order valence-corrected chi connectivity index (χ3v) is 6.20. The molecule has 0 saturated carbocycles. The topological polar surface area (TPSA) is 76.7 Å². The van der Waals surface area contributed by atoms with Crippen LogP contribution in [0, 0.1) is 0 Å². The lowest BCUT2D eigenvalue weighted by molar-refractivity contribution is -0.143. The van der Waals surface area contributed by atoms with Gasteiger partial charge in [0.1, 0.15) is 5.65 Å². The van der Waals surface area contributed by atoms with E-state index in [0.29, 0.717) is 29.9 Å². The van der Waals surface area contributed by atoms with Crippen molar-refractivity contribution in [3.8, 4) is 0 Å². The second kappa shape index (κ2) is 10.2. The van der Waals surface area contributed by atoms with Gasteiger partial charge in [-0.25, -0.2) is 4.98 Å². The number of fused-ring (bicyclic) bond motifs is 1. The molecule has 1 unspecified atom stereocenters. The Bertz CT molecular complexity index is 1390. The predicted octanol–water partition coefficient (Wildman–Crippen LogP) is 5.10. The lowest BCUT2D eigenvalue weighted by Gasteiger charge is -2.24. The first-order valence-corrected chi connectivity index (χ1v) is 11.7. The van der Waals surface area contributed by atoms with Crippen molar-refractivity contribution in [2.45, 2.75) is 51.9 Å². The normalized spacial score (nSPS) is 13.3. The van der Waals surface area contributed by atoms with Gasteiger partial charge >= 0.3 is 12.4 Å². The Morgan fingerprint density at radius 2 is 1.66 bits per heavy atom. The van der Waals surface area contributed by atoms with Gasteiger partial charge in [0.15, 0.2) is 0 Å². The maximum absolute atomic E-state index is 13.5. The first kappa shape index (κ1) is 27.4. The molecule has 0 aliphatic carbocycles. The standard InChI is InChI=1S/C24H26F6N8/c1-5-37-7-6-16-10-17(20(14(2)31-3)32-21(16)37)13-38(22-33-35-36(4)34-22)12-15-8-18(23(25,26)27)11-19(9-15)24(28,29)30/h6-11,14,31H,5,12-13H2,1-4H3. The fraction of sp³-hybridized carbons (Fsp3) is 0.417. The molecule has 0 fully saturated rings. The van der Waals surface area contributed by atoms with E-state index in [1.165, 1.54) is 11.9 Å². The molecule has 1 atom stereocenters. The second-order valence-electron chi connectivity index (χ2n) is 8.91. The molecule has 8 nitrogen and oxygen atoms in total. The number of rotatable bonds is 8. The molecule has 1 aromatic carbocycles. The van der Waals surface area contributed by atoms with E-state index in [0.717, 1.165) is 15.8 Å². The number of nitrogens with zero attached hydrogens (tertiary/aromatic N) is 7. The van der Waals surface area contributed by atoms with E-state index in [2.05, 4.69) is 20.7 Å². The van der Waals surface area contributed by atoms with Crippen molar-refractivity contribution in [2.75, 3.05) is 11.9 Å². The molecule has 0 spiro atoms. The maximum atomic E-state index is 13.5. The highest BCUT2D eigenvalue weighted by atomic mass is 19.4. The van der Waals surface area contributed by atoms with Gasteiger partial charge in [0.05, 0.1) is 23.9 Å². The summed E-state index contributed by atoms with van der Waals surface area (Å²) in [6, 6.07) is 5.14. The number of anilines is 1. The number of benzene rings is 1. The summed E-state index contributed by atoms with van der Waals surface area (Å²) in [5, 5.41) is 15.9. The monoisotopic (exact) mass is 540 g/mol. The van der Waals surface area contributed by atoms with Crippen LogP contribution in [0.25, 0.3) is 11.0 Å². The molecule has 0 aliphatic rings. The number of halogens is 6. The van der Waals surface area contributed by atoms with Crippen molar-refractivity contribution < 1.29 is 26.3 Å². The minimum atomic E-state index is -4.96.